The number of nitrogens with one attached hydrogen (secondary N) is 1. The molecule has 110 valence electrons. The van der Waals surface area contributed by atoms with Gasteiger partial charge in [-0.1, -0.05) is 41.9 Å². The summed E-state index contributed by atoms with van der Waals surface area (Å²) in [5, 5.41) is 4.00. The molecule has 3 heteroatoms. The molecule has 0 bridgehead atoms. The largest absolute Gasteiger partial charge is 0.367 e. The van der Waals surface area contributed by atoms with Crippen LogP contribution in [0.4, 0.5) is 5.69 Å². The average molecular weight is 301 g/mol. The van der Waals surface area contributed by atoms with E-state index in [0.717, 1.165) is 36.6 Å². The molecule has 1 aliphatic rings. The fourth-order valence-corrected chi connectivity index (χ4v) is 3.23. The minimum absolute atomic E-state index is 0.807. The number of hydrogen-bond donors (Lipinski definition) is 1. The van der Waals surface area contributed by atoms with Crippen molar-refractivity contribution in [2.24, 2.45) is 0 Å². The van der Waals surface area contributed by atoms with Crippen molar-refractivity contribution >= 4 is 17.3 Å². The molecule has 0 radical (unpaired) electrons. The third-order valence-corrected chi connectivity index (χ3v) is 4.47. The van der Waals surface area contributed by atoms with Gasteiger partial charge in [-0.25, -0.2) is 0 Å². The molecule has 0 fully saturated rings. The lowest BCUT2D eigenvalue weighted by Gasteiger charge is -2.24. The molecule has 3 rings (SSSR count). The summed E-state index contributed by atoms with van der Waals surface area (Å²) in [5.74, 6) is 0. The van der Waals surface area contributed by atoms with Crippen molar-refractivity contribution in [1.82, 2.24) is 5.32 Å². The number of anilines is 1. The molecule has 0 atom stereocenters. The smallest absolute Gasteiger partial charge is 0.0471 e. The van der Waals surface area contributed by atoms with Gasteiger partial charge in [-0.15, -0.1) is 0 Å². The highest BCUT2D eigenvalue weighted by Gasteiger charge is 2.15. The Hall–Kier alpha value is -1.51. The van der Waals surface area contributed by atoms with Gasteiger partial charge in [0.05, 0.1) is 0 Å². The zero-order valence-electron chi connectivity index (χ0n) is 12.4. The monoisotopic (exact) mass is 300 g/mol. The molecule has 0 aromatic heterocycles. The van der Waals surface area contributed by atoms with E-state index in [1.165, 1.54) is 23.2 Å². The number of fused-ring (bicyclic) bond motifs is 1. The average Bonchev–Trinajstić information content (AvgIpc) is 2.71. The van der Waals surface area contributed by atoms with Gasteiger partial charge in [0.15, 0.2) is 0 Å². The summed E-state index contributed by atoms with van der Waals surface area (Å²) in [6, 6.07) is 15.2. The highest BCUT2D eigenvalue weighted by atomic mass is 35.5. The topological polar surface area (TPSA) is 15.3 Å². The lowest BCUT2D eigenvalue weighted by atomic mass is 10.0. The van der Waals surface area contributed by atoms with Gasteiger partial charge in [-0.2, -0.15) is 0 Å². The van der Waals surface area contributed by atoms with Gasteiger partial charge in [-0.05, 0) is 48.7 Å². The molecular weight excluding hydrogens is 280 g/mol. The van der Waals surface area contributed by atoms with Crippen LogP contribution in [0, 0.1) is 0 Å². The van der Waals surface area contributed by atoms with Gasteiger partial charge in [0.25, 0.3) is 0 Å². The molecule has 1 N–H and O–H groups in total. The van der Waals surface area contributed by atoms with E-state index in [2.05, 4.69) is 52.7 Å². The molecule has 0 amide bonds. The van der Waals surface area contributed by atoms with E-state index in [0.29, 0.717) is 0 Å². The summed E-state index contributed by atoms with van der Waals surface area (Å²) in [4.78, 5) is 2.43. The first-order valence-corrected chi connectivity index (χ1v) is 7.90. The van der Waals surface area contributed by atoms with Gasteiger partial charge >= 0.3 is 0 Å². The predicted molar refractivity (Wildman–Crippen MR) is 90.0 cm³/mol. The molecule has 0 spiro atoms. The maximum absolute atomic E-state index is 6.40. The summed E-state index contributed by atoms with van der Waals surface area (Å²) in [5.41, 5.74) is 5.29. The van der Waals surface area contributed by atoms with E-state index in [-0.39, 0.29) is 0 Å². The van der Waals surface area contributed by atoms with Crippen molar-refractivity contribution in [1.29, 1.82) is 0 Å². The second kappa shape index (κ2) is 6.50. The SMILES string of the molecule is CNCc1ccc(N2CCCc3ccccc3C2)cc1Cl. The second-order valence-electron chi connectivity index (χ2n) is 5.60. The van der Waals surface area contributed by atoms with Crippen LogP contribution >= 0.6 is 11.6 Å². The Kier molecular flexibility index (Phi) is 4.47. The molecule has 1 aliphatic heterocycles. The number of benzene rings is 2. The van der Waals surface area contributed by atoms with E-state index in [1.807, 2.05) is 7.05 Å². The Balaban J connectivity index is 1.85. The zero-order chi connectivity index (χ0) is 14.7. The standard InChI is InChI=1S/C18H21ClN2/c1-20-12-15-8-9-17(11-18(15)19)21-10-4-7-14-5-2-3-6-16(14)13-21/h2-3,5-6,8-9,11,20H,4,7,10,12-13H2,1H3. The minimum Gasteiger partial charge on any atom is -0.367 e. The molecule has 0 aliphatic carbocycles. The van der Waals surface area contributed by atoms with Crippen molar-refractivity contribution in [3.05, 3.63) is 64.2 Å². The van der Waals surface area contributed by atoms with Crippen LogP contribution in [-0.4, -0.2) is 13.6 Å². The van der Waals surface area contributed by atoms with Crippen LogP contribution in [-0.2, 0) is 19.5 Å². The Morgan fingerprint density at radius 1 is 1.14 bits per heavy atom. The molecule has 2 aromatic rings. The van der Waals surface area contributed by atoms with Crippen molar-refractivity contribution in [3.8, 4) is 0 Å². The van der Waals surface area contributed by atoms with Gasteiger partial charge in [0.1, 0.15) is 0 Å². The summed E-state index contributed by atoms with van der Waals surface area (Å²) in [7, 11) is 1.94. The quantitative estimate of drug-likeness (QED) is 0.921. The molecule has 2 nitrogen and oxygen atoms in total. The number of nitrogens with zero attached hydrogens (tertiary/aromatic N) is 1. The number of aryl methyl sites for hydroxylation is 1. The Morgan fingerprint density at radius 2 is 1.95 bits per heavy atom. The maximum atomic E-state index is 6.40. The molecule has 1 heterocycles. The third kappa shape index (κ3) is 3.22. The van der Waals surface area contributed by atoms with Crippen LogP contribution in [0.5, 0.6) is 0 Å². The molecule has 2 aromatic carbocycles. The molecule has 0 unspecified atom stereocenters. The molecule has 0 saturated carbocycles. The summed E-state index contributed by atoms with van der Waals surface area (Å²) >= 11 is 6.40. The second-order valence-corrected chi connectivity index (χ2v) is 6.01. The number of rotatable bonds is 3. The Labute approximate surface area is 131 Å². The van der Waals surface area contributed by atoms with Crippen molar-refractivity contribution < 1.29 is 0 Å². The van der Waals surface area contributed by atoms with E-state index in [4.69, 9.17) is 11.6 Å². The Bertz CT molecular complexity index is 624. The van der Waals surface area contributed by atoms with E-state index < -0.39 is 0 Å². The van der Waals surface area contributed by atoms with Gasteiger partial charge in [0.2, 0.25) is 0 Å². The van der Waals surface area contributed by atoms with Crippen molar-refractivity contribution in [2.75, 3.05) is 18.5 Å². The van der Waals surface area contributed by atoms with Gasteiger partial charge < -0.3 is 10.2 Å². The lowest BCUT2D eigenvalue weighted by Crippen LogP contribution is -2.22. The normalized spacial score (nSPS) is 14.7. The molecule has 21 heavy (non-hydrogen) atoms. The van der Waals surface area contributed by atoms with Crippen LogP contribution in [0.2, 0.25) is 5.02 Å². The highest BCUT2D eigenvalue weighted by molar-refractivity contribution is 6.31. The first-order valence-electron chi connectivity index (χ1n) is 7.52. The van der Waals surface area contributed by atoms with E-state index in [1.54, 1.807) is 0 Å². The fraction of sp³-hybridized carbons (Fsp3) is 0.333. The summed E-state index contributed by atoms with van der Waals surface area (Å²) in [6.07, 6.45) is 2.35. The third-order valence-electron chi connectivity index (χ3n) is 4.12. The first-order chi connectivity index (χ1) is 10.3. The Morgan fingerprint density at radius 3 is 2.71 bits per heavy atom. The van der Waals surface area contributed by atoms with E-state index >= 15 is 0 Å². The lowest BCUT2D eigenvalue weighted by molar-refractivity contribution is 0.764. The van der Waals surface area contributed by atoms with Crippen LogP contribution in [0.15, 0.2) is 42.5 Å². The first kappa shape index (κ1) is 14.4. The van der Waals surface area contributed by atoms with Gasteiger partial charge in [-0.3, -0.25) is 0 Å². The van der Waals surface area contributed by atoms with Crippen molar-refractivity contribution in [2.45, 2.75) is 25.9 Å². The fourth-order valence-electron chi connectivity index (χ4n) is 2.99. The molecule has 0 saturated heterocycles. The molecular formula is C18H21ClN2. The predicted octanol–water partition coefficient (Wildman–Crippen LogP) is 4.01. The number of halogens is 1. The summed E-state index contributed by atoms with van der Waals surface area (Å²) < 4.78 is 0. The highest BCUT2D eigenvalue weighted by Crippen LogP contribution is 2.27. The maximum Gasteiger partial charge on any atom is 0.0471 e. The zero-order valence-corrected chi connectivity index (χ0v) is 13.2. The van der Waals surface area contributed by atoms with E-state index in [9.17, 15) is 0 Å². The van der Waals surface area contributed by atoms with Crippen LogP contribution in [0.25, 0.3) is 0 Å². The van der Waals surface area contributed by atoms with Crippen LogP contribution in [0.1, 0.15) is 23.1 Å². The van der Waals surface area contributed by atoms with Crippen LogP contribution in [0.3, 0.4) is 0 Å². The number of hydrogen-bond acceptors (Lipinski definition) is 2. The van der Waals surface area contributed by atoms with Gasteiger partial charge in [0, 0.05) is 30.3 Å². The van der Waals surface area contributed by atoms with Crippen molar-refractivity contribution in [3.63, 3.8) is 0 Å². The summed E-state index contributed by atoms with van der Waals surface area (Å²) in [6.45, 7) is 2.86. The minimum atomic E-state index is 0.807. The van der Waals surface area contributed by atoms with Crippen LogP contribution < -0.4 is 10.2 Å².